The lowest BCUT2D eigenvalue weighted by atomic mass is 10.1. The number of carboxylic acids is 1. The maximum atomic E-state index is 12.2. The molecule has 2 aromatic rings. The highest BCUT2D eigenvalue weighted by atomic mass is 16.4. The normalized spacial score (nSPS) is 11.9. The van der Waals surface area contributed by atoms with Crippen molar-refractivity contribution >= 4 is 11.9 Å². The molecule has 1 amide bonds. The lowest BCUT2D eigenvalue weighted by Crippen LogP contribution is -2.36. The van der Waals surface area contributed by atoms with Crippen molar-refractivity contribution in [2.24, 2.45) is 0 Å². The van der Waals surface area contributed by atoms with Gasteiger partial charge >= 0.3 is 5.97 Å². The van der Waals surface area contributed by atoms with Crippen molar-refractivity contribution in [2.45, 2.75) is 25.8 Å². The van der Waals surface area contributed by atoms with Crippen molar-refractivity contribution in [3.8, 4) is 5.69 Å². The van der Waals surface area contributed by atoms with Gasteiger partial charge in [0.05, 0.1) is 6.42 Å². The predicted octanol–water partition coefficient (Wildman–Crippen LogP) is 2.46. The Morgan fingerprint density at radius 3 is 2.57 bits per heavy atom. The smallest absolute Gasteiger partial charge is 0.305 e. The molecule has 0 aliphatic heterocycles. The number of aliphatic carboxylic acids is 1. The summed E-state index contributed by atoms with van der Waals surface area (Å²) in [6.07, 6.45) is 4.31. The van der Waals surface area contributed by atoms with E-state index in [0.717, 1.165) is 5.69 Å². The summed E-state index contributed by atoms with van der Waals surface area (Å²) in [5.74, 6) is -1.17. The molecule has 0 aliphatic rings. The molecule has 0 fully saturated rings. The molecule has 110 valence electrons. The average Bonchev–Trinajstić information content (AvgIpc) is 3.00. The molecule has 21 heavy (non-hydrogen) atoms. The molecule has 5 nitrogen and oxygen atoms in total. The molecule has 0 saturated heterocycles. The van der Waals surface area contributed by atoms with E-state index in [0.29, 0.717) is 12.0 Å². The summed E-state index contributed by atoms with van der Waals surface area (Å²) in [7, 11) is 0. The number of aromatic nitrogens is 1. The Morgan fingerprint density at radius 2 is 1.95 bits per heavy atom. The first-order valence-corrected chi connectivity index (χ1v) is 6.86. The van der Waals surface area contributed by atoms with Crippen LogP contribution in [0.3, 0.4) is 0 Å². The molecular weight excluding hydrogens is 268 g/mol. The first-order valence-electron chi connectivity index (χ1n) is 6.86. The summed E-state index contributed by atoms with van der Waals surface area (Å²) in [4.78, 5) is 22.9. The van der Waals surface area contributed by atoms with Gasteiger partial charge in [0.1, 0.15) is 0 Å². The van der Waals surface area contributed by atoms with Gasteiger partial charge in [-0.3, -0.25) is 9.59 Å². The largest absolute Gasteiger partial charge is 0.481 e. The molecule has 0 spiro atoms. The van der Waals surface area contributed by atoms with E-state index < -0.39 is 5.97 Å². The van der Waals surface area contributed by atoms with Gasteiger partial charge in [-0.25, -0.2) is 0 Å². The molecule has 1 aromatic carbocycles. The minimum Gasteiger partial charge on any atom is -0.481 e. The second-order valence-corrected chi connectivity index (χ2v) is 4.82. The van der Waals surface area contributed by atoms with E-state index in [1.165, 1.54) is 0 Å². The number of benzene rings is 1. The van der Waals surface area contributed by atoms with Crippen molar-refractivity contribution in [1.29, 1.82) is 0 Å². The van der Waals surface area contributed by atoms with E-state index in [1.807, 2.05) is 48.1 Å². The van der Waals surface area contributed by atoms with E-state index in [-0.39, 0.29) is 18.4 Å². The number of carbonyl (C=O) groups is 2. The highest BCUT2D eigenvalue weighted by Gasteiger charge is 2.15. The fourth-order valence-electron chi connectivity index (χ4n) is 2.09. The van der Waals surface area contributed by atoms with Gasteiger partial charge in [-0.1, -0.05) is 13.0 Å². The number of hydrogen-bond acceptors (Lipinski definition) is 2. The lowest BCUT2D eigenvalue weighted by molar-refractivity contribution is -0.137. The monoisotopic (exact) mass is 286 g/mol. The Bertz CT molecular complexity index is 620. The second-order valence-electron chi connectivity index (χ2n) is 4.82. The summed E-state index contributed by atoms with van der Waals surface area (Å²) in [6, 6.07) is 10.7. The molecule has 2 N–H and O–H groups in total. The first-order chi connectivity index (χ1) is 10.1. The Kier molecular flexibility index (Phi) is 4.77. The second kappa shape index (κ2) is 6.74. The molecule has 1 atom stereocenters. The molecule has 0 bridgehead atoms. The summed E-state index contributed by atoms with van der Waals surface area (Å²) >= 11 is 0. The topological polar surface area (TPSA) is 71.3 Å². The van der Waals surface area contributed by atoms with Crippen LogP contribution in [0.4, 0.5) is 0 Å². The summed E-state index contributed by atoms with van der Waals surface area (Å²) in [6.45, 7) is 1.85. The maximum Gasteiger partial charge on any atom is 0.305 e. The number of carboxylic acid groups (broad SMARTS) is 1. The Labute approximate surface area is 123 Å². The molecule has 2 rings (SSSR count). The van der Waals surface area contributed by atoms with Crippen LogP contribution in [0.1, 0.15) is 30.1 Å². The van der Waals surface area contributed by atoms with Crippen molar-refractivity contribution in [3.05, 3.63) is 54.4 Å². The van der Waals surface area contributed by atoms with Gasteiger partial charge in [0, 0.05) is 29.7 Å². The average molecular weight is 286 g/mol. The minimum atomic E-state index is -0.914. The lowest BCUT2D eigenvalue weighted by Gasteiger charge is -2.15. The number of rotatable bonds is 6. The van der Waals surface area contributed by atoms with Crippen LogP contribution in [-0.4, -0.2) is 27.6 Å². The Morgan fingerprint density at radius 1 is 1.24 bits per heavy atom. The van der Waals surface area contributed by atoms with E-state index in [9.17, 15) is 9.59 Å². The quantitative estimate of drug-likeness (QED) is 0.857. The summed E-state index contributed by atoms with van der Waals surface area (Å²) in [5.41, 5.74) is 1.41. The molecule has 1 aromatic heterocycles. The van der Waals surface area contributed by atoms with Crippen molar-refractivity contribution in [2.75, 3.05) is 0 Å². The standard InChI is InChI=1S/C16H18N2O3/c1-2-13(11-15(19)20)17-16(21)12-6-5-7-14(10-12)18-8-3-4-9-18/h3-10,13H,2,11H2,1H3,(H,17,21)(H,19,20). The van der Waals surface area contributed by atoms with E-state index in [4.69, 9.17) is 5.11 Å². The van der Waals surface area contributed by atoms with E-state index >= 15 is 0 Å². The molecule has 0 aliphatic carbocycles. The Hall–Kier alpha value is -2.56. The first kappa shape index (κ1) is 14.8. The van der Waals surface area contributed by atoms with Gasteiger partial charge in [0.15, 0.2) is 0 Å². The summed E-state index contributed by atoms with van der Waals surface area (Å²) in [5, 5.41) is 11.6. The van der Waals surface area contributed by atoms with Crippen LogP contribution in [0.5, 0.6) is 0 Å². The van der Waals surface area contributed by atoms with Crippen LogP contribution >= 0.6 is 0 Å². The van der Waals surface area contributed by atoms with Gasteiger partial charge in [0.25, 0.3) is 5.91 Å². The van der Waals surface area contributed by atoms with Crippen LogP contribution in [0.15, 0.2) is 48.8 Å². The van der Waals surface area contributed by atoms with Crippen molar-refractivity contribution in [1.82, 2.24) is 9.88 Å². The third kappa shape index (κ3) is 3.95. The number of carbonyl (C=O) groups excluding carboxylic acids is 1. The van der Waals surface area contributed by atoms with Crippen LogP contribution in [0.25, 0.3) is 5.69 Å². The molecular formula is C16H18N2O3. The molecule has 0 radical (unpaired) electrons. The fraction of sp³-hybridized carbons (Fsp3) is 0.250. The van der Waals surface area contributed by atoms with Crippen molar-refractivity contribution < 1.29 is 14.7 Å². The molecule has 0 saturated carbocycles. The number of nitrogens with zero attached hydrogens (tertiary/aromatic N) is 1. The zero-order chi connectivity index (χ0) is 15.2. The third-order valence-corrected chi connectivity index (χ3v) is 3.26. The number of amides is 1. The molecule has 5 heteroatoms. The van der Waals surface area contributed by atoms with Crippen molar-refractivity contribution in [3.63, 3.8) is 0 Å². The predicted molar refractivity (Wildman–Crippen MR) is 79.6 cm³/mol. The van der Waals surface area contributed by atoms with Crippen LogP contribution < -0.4 is 5.32 Å². The zero-order valence-corrected chi connectivity index (χ0v) is 11.8. The highest BCUT2D eigenvalue weighted by molar-refractivity contribution is 5.95. The summed E-state index contributed by atoms with van der Waals surface area (Å²) < 4.78 is 1.91. The Balaban J connectivity index is 2.12. The number of nitrogens with one attached hydrogen (secondary N) is 1. The number of hydrogen-bond donors (Lipinski definition) is 2. The molecule has 1 unspecified atom stereocenters. The van der Waals surface area contributed by atoms with Gasteiger partial charge in [0.2, 0.25) is 0 Å². The van der Waals surface area contributed by atoms with Crippen LogP contribution in [0, 0.1) is 0 Å². The minimum absolute atomic E-state index is 0.0699. The van der Waals surface area contributed by atoms with E-state index in [1.54, 1.807) is 12.1 Å². The SMILES string of the molecule is CCC(CC(=O)O)NC(=O)c1cccc(-n2cccc2)c1. The van der Waals surface area contributed by atoms with Gasteiger partial charge in [-0.15, -0.1) is 0 Å². The maximum absolute atomic E-state index is 12.2. The highest BCUT2D eigenvalue weighted by Crippen LogP contribution is 2.11. The zero-order valence-electron chi connectivity index (χ0n) is 11.8. The van der Waals surface area contributed by atoms with Gasteiger partial charge in [-0.2, -0.15) is 0 Å². The van der Waals surface area contributed by atoms with Gasteiger partial charge < -0.3 is 15.0 Å². The van der Waals surface area contributed by atoms with Crippen LogP contribution in [-0.2, 0) is 4.79 Å². The van der Waals surface area contributed by atoms with Crippen LogP contribution in [0.2, 0.25) is 0 Å². The van der Waals surface area contributed by atoms with E-state index in [2.05, 4.69) is 5.32 Å². The third-order valence-electron chi connectivity index (χ3n) is 3.26. The fourth-order valence-corrected chi connectivity index (χ4v) is 2.09. The van der Waals surface area contributed by atoms with Gasteiger partial charge in [-0.05, 0) is 36.8 Å². The molecule has 1 heterocycles.